The SMILES string of the molecule is CCc1cc(-c2[c-]cccc2)ncc1[Si](C)(C)C.[2H]C(C)(C)c1cnc(-c2[c-]cc3sc4ccccc4c3c2)cc1-c1ccccc1.[Ir]. The van der Waals surface area contributed by atoms with Crippen molar-refractivity contribution in [2.45, 2.75) is 52.7 Å². The first-order valence-electron chi connectivity index (χ1n) is 16.4. The van der Waals surface area contributed by atoms with Gasteiger partial charge in [-0.15, -0.1) is 59.7 Å². The van der Waals surface area contributed by atoms with Crippen molar-refractivity contribution in [3.8, 4) is 33.6 Å². The fourth-order valence-corrected chi connectivity index (χ4v) is 8.57. The predicted molar refractivity (Wildman–Crippen MR) is 202 cm³/mol. The van der Waals surface area contributed by atoms with E-state index in [-0.39, 0.29) is 20.1 Å². The number of hydrogen-bond donors (Lipinski definition) is 0. The van der Waals surface area contributed by atoms with Crippen LogP contribution in [0.2, 0.25) is 19.6 Å². The number of rotatable bonds is 6. The van der Waals surface area contributed by atoms with Gasteiger partial charge in [-0.2, -0.15) is 11.3 Å². The molecule has 0 aliphatic rings. The molecule has 5 heteroatoms. The van der Waals surface area contributed by atoms with Gasteiger partial charge < -0.3 is 9.97 Å². The largest absolute Gasteiger partial charge is 0.305 e. The summed E-state index contributed by atoms with van der Waals surface area (Å²) < 4.78 is 11.1. The van der Waals surface area contributed by atoms with Crippen molar-refractivity contribution < 1.29 is 21.5 Å². The van der Waals surface area contributed by atoms with Gasteiger partial charge in [0.15, 0.2) is 0 Å². The molecular formula is C42H40IrN2SSi-2. The van der Waals surface area contributed by atoms with Crippen molar-refractivity contribution in [2.75, 3.05) is 0 Å². The molecular weight excluding hydrogens is 785 g/mol. The van der Waals surface area contributed by atoms with E-state index >= 15 is 0 Å². The summed E-state index contributed by atoms with van der Waals surface area (Å²) in [5, 5.41) is 3.99. The molecule has 0 aliphatic carbocycles. The van der Waals surface area contributed by atoms with Crippen molar-refractivity contribution in [3.63, 3.8) is 0 Å². The van der Waals surface area contributed by atoms with Gasteiger partial charge in [-0.1, -0.05) is 112 Å². The van der Waals surface area contributed by atoms with Gasteiger partial charge in [0.1, 0.15) is 0 Å². The van der Waals surface area contributed by atoms with E-state index < -0.39 is 14.0 Å². The zero-order valence-corrected chi connectivity index (χ0v) is 32.0. The van der Waals surface area contributed by atoms with E-state index in [0.717, 1.165) is 45.6 Å². The molecule has 7 rings (SSSR count). The minimum atomic E-state index is -1.30. The van der Waals surface area contributed by atoms with Gasteiger partial charge in [0, 0.05) is 38.6 Å². The number of thiophene rings is 1. The molecule has 0 atom stereocenters. The Morgan fingerprint density at radius 2 is 1.47 bits per heavy atom. The minimum Gasteiger partial charge on any atom is -0.305 e. The Morgan fingerprint density at radius 1 is 0.766 bits per heavy atom. The molecule has 0 spiro atoms. The Balaban J connectivity index is 0.000000205. The van der Waals surface area contributed by atoms with Gasteiger partial charge in [-0.3, -0.25) is 0 Å². The zero-order chi connectivity index (χ0) is 33.2. The first-order valence-corrected chi connectivity index (χ1v) is 20.2. The molecule has 1 radical (unpaired) electrons. The molecule has 0 saturated heterocycles. The summed E-state index contributed by atoms with van der Waals surface area (Å²) in [6.07, 6.45) is 5.01. The van der Waals surface area contributed by atoms with E-state index in [9.17, 15) is 0 Å². The molecule has 2 nitrogen and oxygen atoms in total. The maximum atomic E-state index is 8.57. The molecule has 3 heterocycles. The van der Waals surface area contributed by atoms with Crippen LogP contribution in [0.25, 0.3) is 53.8 Å². The Kier molecular flexibility index (Phi) is 10.6. The second-order valence-corrected chi connectivity index (χ2v) is 18.9. The van der Waals surface area contributed by atoms with Crippen LogP contribution in [0.15, 0.2) is 116 Å². The van der Waals surface area contributed by atoms with Crippen LogP contribution in [0.4, 0.5) is 0 Å². The maximum Gasteiger partial charge on any atom is 0.0798 e. The third-order valence-corrected chi connectivity index (χ3v) is 11.5. The number of pyridine rings is 2. The van der Waals surface area contributed by atoms with Crippen LogP contribution in [-0.4, -0.2) is 18.0 Å². The van der Waals surface area contributed by atoms with Crippen molar-refractivity contribution in [1.82, 2.24) is 9.97 Å². The molecule has 4 aromatic carbocycles. The fraction of sp³-hybridized carbons (Fsp3) is 0.190. The van der Waals surface area contributed by atoms with E-state index in [4.69, 9.17) is 6.35 Å². The molecule has 0 amide bonds. The Morgan fingerprint density at radius 3 is 2.17 bits per heavy atom. The van der Waals surface area contributed by atoms with Crippen LogP contribution in [-0.2, 0) is 26.5 Å². The van der Waals surface area contributed by atoms with Crippen LogP contribution in [0.3, 0.4) is 0 Å². The van der Waals surface area contributed by atoms with E-state index in [1.54, 1.807) is 11.3 Å². The van der Waals surface area contributed by atoms with Crippen LogP contribution in [0.5, 0.6) is 0 Å². The summed E-state index contributed by atoms with van der Waals surface area (Å²) in [4.78, 5) is 9.35. The summed E-state index contributed by atoms with van der Waals surface area (Å²) in [5.41, 5.74) is 8.50. The third kappa shape index (κ3) is 7.71. The topological polar surface area (TPSA) is 25.8 Å². The molecule has 0 N–H and O–H groups in total. The van der Waals surface area contributed by atoms with Crippen molar-refractivity contribution in [3.05, 3.63) is 139 Å². The van der Waals surface area contributed by atoms with Gasteiger partial charge >= 0.3 is 0 Å². The van der Waals surface area contributed by atoms with Gasteiger partial charge in [0.2, 0.25) is 0 Å². The molecule has 3 aromatic heterocycles. The third-order valence-electron chi connectivity index (χ3n) is 8.28. The number of fused-ring (bicyclic) bond motifs is 3. The predicted octanol–water partition coefficient (Wildman–Crippen LogP) is 11.4. The van der Waals surface area contributed by atoms with Gasteiger partial charge in [0.05, 0.1) is 8.07 Å². The smallest absolute Gasteiger partial charge is 0.0798 e. The standard InChI is InChI=1S/C26H20NS.C16H20NSi.Ir/c1-17(2)23-16-27-24(15-21(23)18-8-4-3-5-9-18)19-12-13-26-22(14-19)20-10-6-7-11-25(20)28-26;1-5-13-11-15(14-9-7-6-8-10-14)17-12-16(13)18(2,3)4;/h3-11,13-17H,1-2H3;6-9,11-12H,5H2,1-4H3;/q2*-1;/i17D;;. The van der Waals surface area contributed by atoms with Gasteiger partial charge in [-0.25, -0.2) is 0 Å². The molecule has 0 bridgehead atoms. The summed E-state index contributed by atoms with van der Waals surface area (Å²) in [5.74, 6) is -0.728. The number of hydrogen-bond acceptors (Lipinski definition) is 3. The first kappa shape index (κ1) is 33.2. The zero-order valence-electron chi connectivity index (χ0n) is 28.8. The maximum absolute atomic E-state index is 8.57. The Bertz CT molecular complexity index is 2150. The van der Waals surface area contributed by atoms with Crippen molar-refractivity contribution in [2.24, 2.45) is 0 Å². The monoisotopic (exact) mass is 826 g/mol. The fourth-order valence-electron chi connectivity index (χ4n) is 5.84. The van der Waals surface area contributed by atoms with Gasteiger partial charge in [0.25, 0.3) is 0 Å². The average molecular weight is 826 g/mol. The average Bonchev–Trinajstić information content (AvgIpc) is 3.46. The second-order valence-electron chi connectivity index (χ2n) is 12.8. The molecule has 47 heavy (non-hydrogen) atoms. The van der Waals surface area contributed by atoms with Crippen molar-refractivity contribution >= 4 is 44.8 Å². The van der Waals surface area contributed by atoms with Gasteiger partial charge in [-0.05, 0) is 61.7 Å². The molecule has 239 valence electrons. The summed E-state index contributed by atoms with van der Waals surface area (Å²) >= 11 is 1.79. The van der Waals surface area contributed by atoms with Crippen LogP contribution in [0.1, 0.15) is 39.2 Å². The van der Waals surface area contributed by atoms with E-state index in [2.05, 4.69) is 117 Å². The number of benzene rings is 4. The Labute approximate surface area is 299 Å². The quantitative estimate of drug-likeness (QED) is 0.123. The number of nitrogens with zero attached hydrogens (tertiary/aromatic N) is 2. The van der Waals surface area contributed by atoms with Crippen LogP contribution in [0, 0.1) is 12.1 Å². The number of aromatic nitrogens is 2. The van der Waals surface area contributed by atoms with Crippen molar-refractivity contribution in [1.29, 1.82) is 0 Å². The van der Waals surface area contributed by atoms with E-state index in [1.807, 2.05) is 56.4 Å². The summed E-state index contributed by atoms with van der Waals surface area (Å²) in [6.45, 7) is 13.2. The molecule has 0 saturated carbocycles. The van der Waals surface area contributed by atoms with E-state index in [1.165, 1.54) is 30.9 Å². The normalized spacial score (nSPS) is 11.8. The van der Waals surface area contributed by atoms with Crippen LogP contribution < -0.4 is 5.19 Å². The van der Waals surface area contributed by atoms with Crippen LogP contribution >= 0.6 is 11.3 Å². The minimum absolute atomic E-state index is 0. The molecule has 7 aromatic rings. The summed E-state index contributed by atoms with van der Waals surface area (Å²) in [6, 6.07) is 42.1. The molecule has 0 unspecified atom stereocenters. The molecule has 0 aliphatic heterocycles. The Hall–Kier alpha value is -3.73. The number of aryl methyl sites for hydroxylation is 1. The van der Waals surface area contributed by atoms with E-state index in [0.29, 0.717) is 0 Å². The molecule has 0 fully saturated rings. The summed E-state index contributed by atoms with van der Waals surface area (Å²) in [7, 11) is -1.30. The second kappa shape index (κ2) is 15.0. The first-order chi connectivity index (χ1) is 22.5.